The van der Waals surface area contributed by atoms with Gasteiger partial charge in [0.05, 0.1) is 15.6 Å². The smallest absolute Gasteiger partial charge is 0.265 e. The molecule has 1 amide bonds. The highest BCUT2D eigenvalue weighted by molar-refractivity contribution is 7.14. The first-order valence-electron chi connectivity index (χ1n) is 6.11. The van der Waals surface area contributed by atoms with Gasteiger partial charge in [-0.15, -0.1) is 11.3 Å². The van der Waals surface area contributed by atoms with Gasteiger partial charge in [0.2, 0.25) is 0 Å². The number of nitrogens with two attached hydrogens (primary N) is 1. The summed E-state index contributed by atoms with van der Waals surface area (Å²) in [6.45, 7) is 0. The normalized spacial score (nSPS) is 13.3. The molecule has 0 saturated carbocycles. The number of carbonyl (C=O) groups excluding carboxylic acids is 1. The van der Waals surface area contributed by atoms with Crippen LogP contribution in [0.15, 0.2) is 24.3 Å². The molecule has 1 heterocycles. The van der Waals surface area contributed by atoms with E-state index in [4.69, 9.17) is 17.3 Å². The molecule has 0 bridgehead atoms. The quantitative estimate of drug-likeness (QED) is 0.829. The molecule has 0 fully saturated rings. The van der Waals surface area contributed by atoms with Gasteiger partial charge in [0, 0.05) is 10.6 Å². The molecular weight excluding hydrogens is 280 g/mol. The Balaban J connectivity index is 1.80. The van der Waals surface area contributed by atoms with Crippen molar-refractivity contribution in [3.05, 3.63) is 44.6 Å². The Bertz CT molecular complexity index is 629. The van der Waals surface area contributed by atoms with Crippen molar-refractivity contribution in [1.82, 2.24) is 0 Å². The molecule has 0 saturated heterocycles. The molecule has 0 unspecified atom stereocenters. The summed E-state index contributed by atoms with van der Waals surface area (Å²) < 4.78 is 0. The van der Waals surface area contributed by atoms with Gasteiger partial charge in [-0.1, -0.05) is 11.6 Å². The number of benzene rings is 1. The molecular formula is C14H13ClN2OS. The van der Waals surface area contributed by atoms with Crippen LogP contribution in [0.2, 0.25) is 5.02 Å². The van der Waals surface area contributed by atoms with Gasteiger partial charge in [-0.05, 0) is 49.1 Å². The minimum atomic E-state index is -0.105. The van der Waals surface area contributed by atoms with Crippen LogP contribution < -0.4 is 11.1 Å². The van der Waals surface area contributed by atoms with Crippen molar-refractivity contribution in [3.63, 3.8) is 0 Å². The summed E-state index contributed by atoms with van der Waals surface area (Å²) in [7, 11) is 0. The highest BCUT2D eigenvalue weighted by atomic mass is 35.5. The predicted octanol–water partition coefficient (Wildman–Crippen LogP) is 3.72. The van der Waals surface area contributed by atoms with E-state index < -0.39 is 0 Å². The first kappa shape index (κ1) is 12.5. The number of nitrogen functional groups attached to an aromatic ring is 1. The Morgan fingerprint density at radius 3 is 2.89 bits per heavy atom. The highest BCUT2D eigenvalue weighted by Gasteiger charge is 2.18. The van der Waals surface area contributed by atoms with Crippen molar-refractivity contribution >= 4 is 40.2 Å². The molecule has 1 aromatic heterocycles. The molecule has 98 valence electrons. The molecule has 0 aliphatic heterocycles. The summed E-state index contributed by atoms with van der Waals surface area (Å²) in [5, 5.41) is 3.28. The molecule has 2 aromatic rings. The second-order valence-electron chi connectivity index (χ2n) is 4.61. The van der Waals surface area contributed by atoms with Crippen molar-refractivity contribution in [1.29, 1.82) is 0 Å². The third-order valence-corrected chi connectivity index (χ3v) is 4.76. The predicted molar refractivity (Wildman–Crippen MR) is 80.2 cm³/mol. The van der Waals surface area contributed by atoms with Crippen LogP contribution in [0.5, 0.6) is 0 Å². The molecule has 1 aliphatic carbocycles. The maximum Gasteiger partial charge on any atom is 0.265 e. The number of halogens is 1. The largest absolute Gasteiger partial charge is 0.399 e. The van der Waals surface area contributed by atoms with Crippen LogP contribution in [-0.4, -0.2) is 5.91 Å². The molecule has 1 aromatic carbocycles. The fourth-order valence-corrected chi connectivity index (χ4v) is 3.64. The van der Waals surface area contributed by atoms with E-state index in [1.165, 1.54) is 16.9 Å². The standard InChI is InChI=1S/C14H13ClN2OS/c15-10-7-9(16)4-5-11(10)17-14(18)13-6-8-2-1-3-12(8)19-13/h4-7H,1-3,16H2,(H,17,18). The molecule has 3 N–H and O–H groups in total. The molecule has 3 nitrogen and oxygen atoms in total. The summed E-state index contributed by atoms with van der Waals surface area (Å²) >= 11 is 7.62. The Labute approximate surface area is 120 Å². The fraction of sp³-hybridized carbons (Fsp3) is 0.214. The molecule has 0 spiro atoms. The lowest BCUT2D eigenvalue weighted by molar-refractivity contribution is 0.103. The van der Waals surface area contributed by atoms with Crippen LogP contribution in [0.4, 0.5) is 11.4 Å². The van der Waals surface area contributed by atoms with E-state index in [0.717, 1.165) is 17.7 Å². The number of hydrogen-bond acceptors (Lipinski definition) is 3. The van der Waals surface area contributed by atoms with E-state index in [-0.39, 0.29) is 5.91 Å². The van der Waals surface area contributed by atoms with E-state index in [2.05, 4.69) is 5.32 Å². The van der Waals surface area contributed by atoms with E-state index >= 15 is 0 Å². The number of nitrogens with one attached hydrogen (secondary N) is 1. The zero-order valence-corrected chi connectivity index (χ0v) is 11.8. The second kappa shape index (κ2) is 4.87. The summed E-state index contributed by atoms with van der Waals surface area (Å²) in [6.07, 6.45) is 3.38. The third kappa shape index (κ3) is 2.46. The average Bonchev–Trinajstić information content (AvgIpc) is 2.93. The monoisotopic (exact) mass is 292 g/mol. The second-order valence-corrected chi connectivity index (χ2v) is 6.15. The van der Waals surface area contributed by atoms with Crippen LogP contribution >= 0.6 is 22.9 Å². The first-order chi connectivity index (χ1) is 9.13. The molecule has 0 atom stereocenters. The summed E-state index contributed by atoms with van der Waals surface area (Å²) in [4.78, 5) is 14.3. The number of anilines is 2. The average molecular weight is 293 g/mol. The third-order valence-electron chi connectivity index (χ3n) is 3.21. The zero-order valence-electron chi connectivity index (χ0n) is 10.2. The zero-order chi connectivity index (χ0) is 13.4. The molecule has 3 rings (SSSR count). The molecule has 0 radical (unpaired) electrons. The maximum absolute atomic E-state index is 12.2. The number of aryl methyl sites for hydroxylation is 2. The summed E-state index contributed by atoms with van der Waals surface area (Å²) in [6, 6.07) is 7.06. The number of hydrogen-bond donors (Lipinski definition) is 2. The lowest BCUT2D eigenvalue weighted by Crippen LogP contribution is -2.10. The van der Waals surface area contributed by atoms with E-state index in [9.17, 15) is 4.79 Å². The Hall–Kier alpha value is -1.52. The summed E-state index contributed by atoms with van der Waals surface area (Å²) in [5.74, 6) is -0.105. The number of carbonyl (C=O) groups is 1. The number of amides is 1. The lowest BCUT2D eigenvalue weighted by Gasteiger charge is -2.06. The number of fused-ring (bicyclic) bond motifs is 1. The Morgan fingerprint density at radius 1 is 1.32 bits per heavy atom. The van der Waals surface area contributed by atoms with Crippen molar-refractivity contribution in [2.24, 2.45) is 0 Å². The van der Waals surface area contributed by atoms with Gasteiger partial charge in [0.15, 0.2) is 0 Å². The van der Waals surface area contributed by atoms with E-state index in [0.29, 0.717) is 16.4 Å². The topological polar surface area (TPSA) is 55.1 Å². The SMILES string of the molecule is Nc1ccc(NC(=O)c2cc3c(s2)CCC3)c(Cl)c1. The van der Waals surface area contributed by atoms with Crippen molar-refractivity contribution in [2.75, 3.05) is 11.1 Å². The van der Waals surface area contributed by atoms with Crippen molar-refractivity contribution < 1.29 is 4.79 Å². The van der Waals surface area contributed by atoms with Gasteiger partial charge in [0.25, 0.3) is 5.91 Å². The maximum atomic E-state index is 12.2. The molecule has 19 heavy (non-hydrogen) atoms. The fourth-order valence-electron chi connectivity index (χ4n) is 2.26. The first-order valence-corrected chi connectivity index (χ1v) is 7.31. The highest BCUT2D eigenvalue weighted by Crippen LogP contribution is 2.31. The van der Waals surface area contributed by atoms with Crippen molar-refractivity contribution in [2.45, 2.75) is 19.3 Å². The van der Waals surface area contributed by atoms with Gasteiger partial charge >= 0.3 is 0 Å². The van der Waals surface area contributed by atoms with Gasteiger partial charge < -0.3 is 11.1 Å². The Morgan fingerprint density at radius 2 is 2.16 bits per heavy atom. The van der Waals surface area contributed by atoms with Crippen LogP contribution in [0, 0.1) is 0 Å². The number of thiophene rings is 1. The van der Waals surface area contributed by atoms with E-state index in [1.807, 2.05) is 6.07 Å². The van der Waals surface area contributed by atoms with Crippen LogP contribution in [0.3, 0.4) is 0 Å². The Kier molecular flexibility index (Phi) is 3.21. The van der Waals surface area contributed by atoms with Gasteiger partial charge in [-0.3, -0.25) is 4.79 Å². The minimum Gasteiger partial charge on any atom is -0.399 e. The van der Waals surface area contributed by atoms with Crippen LogP contribution in [0.25, 0.3) is 0 Å². The van der Waals surface area contributed by atoms with Crippen LogP contribution in [-0.2, 0) is 12.8 Å². The number of rotatable bonds is 2. The van der Waals surface area contributed by atoms with Gasteiger partial charge in [-0.2, -0.15) is 0 Å². The molecule has 5 heteroatoms. The lowest BCUT2D eigenvalue weighted by atomic mass is 10.2. The van der Waals surface area contributed by atoms with Crippen LogP contribution in [0.1, 0.15) is 26.5 Å². The van der Waals surface area contributed by atoms with Gasteiger partial charge in [0.1, 0.15) is 0 Å². The summed E-state index contributed by atoms with van der Waals surface area (Å²) in [5.41, 5.74) is 8.11. The van der Waals surface area contributed by atoms with Gasteiger partial charge in [-0.25, -0.2) is 0 Å². The van der Waals surface area contributed by atoms with E-state index in [1.54, 1.807) is 29.5 Å². The molecule has 1 aliphatic rings. The van der Waals surface area contributed by atoms with Crippen molar-refractivity contribution in [3.8, 4) is 0 Å². The minimum absolute atomic E-state index is 0.105.